The zero-order valence-electron chi connectivity index (χ0n) is 11.6. The van der Waals surface area contributed by atoms with E-state index in [-0.39, 0.29) is 17.2 Å². The van der Waals surface area contributed by atoms with Gasteiger partial charge in [0.05, 0.1) is 12.8 Å². The molecule has 0 aliphatic rings. The van der Waals surface area contributed by atoms with Gasteiger partial charge in [-0.1, -0.05) is 24.3 Å². The Balaban J connectivity index is 2.05. The summed E-state index contributed by atoms with van der Waals surface area (Å²) in [6.07, 6.45) is 2.18. The van der Waals surface area contributed by atoms with Gasteiger partial charge in [0.15, 0.2) is 11.5 Å². The Hall–Kier alpha value is -2.75. The summed E-state index contributed by atoms with van der Waals surface area (Å²) in [7, 11) is 1.44. The molecule has 4 nitrogen and oxygen atoms in total. The van der Waals surface area contributed by atoms with E-state index in [0.717, 1.165) is 16.5 Å². The molecular weight excluding hydrogens is 266 g/mol. The number of hydrogen-bond donors (Lipinski definition) is 2. The van der Waals surface area contributed by atoms with E-state index in [1.807, 2.05) is 30.3 Å². The minimum Gasteiger partial charge on any atom is -0.508 e. The molecule has 0 saturated carbocycles. The lowest BCUT2D eigenvalue weighted by atomic mass is 10.0. The van der Waals surface area contributed by atoms with Crippen molar-refractivity contribution in [2.45, 2.75) is 6.42 Å². The first-order chi connectivity index (χ1) is 10.2. The number of phenols is 2. The van der Waals surface area contributed by atoms with Crippen molar-refractivity contribution in [1.82, 2.24) is 4.98 Å². The fourth-order valence-electron chi connectivity index (χ4n) is 2.41. The number of nitrogens with zero attached hydrogens (tertiary/aromatic N) is 1. The molecule has 0 saturated heterocycles. The van der Waals surface area contributed by atoms with E-state index >= 15 is 0 Å². The summed E-state index contributed by atoms with van der Waals surface area (Å²) in [6.45, 7) is 0. The molecular formula is C17H15NO3. The predicted octanol–water partition coefficient (Wildman–Crippen LogP) is 3.25. The van der Waals surface area contributed by atoms with E-state index in [1.54, 1.807) is 6.20 Å². The molecule has 1 aromatic heterocycles. The molecule has 106 valence electrons. The van der Waals surface area contributed by atoms with E-state index in [4.69, 9.17) is 4.74 Å². The highest BCUT2D eigenvalue weighted by Gasteiger charge is 2.11. The predicted molar refractivity (Wildman–Crippen MR) is 80.9 cm³/mol. The minimum absolute atomic E-state index is 0.00513. The standard InChI is InChI=1S/C17H15NO3/c1-21-17-10-15(19)12(9-16(17)20)8-14-13-5-3-2-4-11(13)6-7-18-14/h2-7,9-10,19-20H,8H2,1H3. The summed E-state index contributed by atoms with van der Waals surface area (Å²) in [6, 6.07) is 12.8. The summed E-state index contributed by atoms with van der Waals surface area (Å²) in [4.78, 5) is 4.39. The van der Waals surface area contributed by atoms with Crippen LogP contribution in [-0.2, 0) is 6.42 Å². The van der Waals surface area contributed by atoms with E-state index in [9.17, 15) is 10.2 Å². The number of aromatic nitrogens is 1. The zero-order valence-corrected chi connectivity index (χ0v) is 11.6. The van der Waals surface area contributed by atoms with Crippen molar-refractivity contribution >= 4 is 10.8 Å². The number of fused-ring (bicyclic) bond motifs is 1. The minimum atomic E-state index is 0.00513. The van der Waals surface area contributed by atoms with E-state index in [1.165, 1.54) is 19.2 Å². The number of phenolic OH excluding ortho intramolecular Hbond substituents is 2. The molecule has 21 heavy (non-hydrogen) atoms. The third-order valence-electron chi connectivity index (χ3n) is 3.49. The Morgan fingerprint density at radius 2 is 1.86 bits per heavy atom. The highest BCUT2D eigenvalue weighted by molar-refractivity contribution is 5.84. The van der Waals surface area contributed by atoms with Crippen LogP contribution in [0.15, 0.2) is 48.7 Å². The number of rotatable bonds is 3. The lowest BCUT2D eigenvalue weighted by Crippen LogP contribution is -1.95. The van der Waals surface area contributed by atoms with Gasteiger partial charge in [0, 0.05) is 29.6 Å². The van der Waals surface area contributed by atoms with E-state index in [2.05, 4.69) is 4.98 Å². The van der Waals surface area contributed by atoms with Gasteiger partial charge in [-0.05, 0) is 17.5 Å². The summed E-state index contributed by atoms with van der Waals surface area (Å²) >= 11 is 0. The molecule has 0 spiro atoms. The van der Waals surface area contributed by atoms with Crippen molar-refractivity contribution in [2.75, 3.05) is 7.11 Å². The average Bonchev–Trinajstić information content (AvgIpc) is 2.51. The largest absolute Gasteiger partial charge is 0.508 e. The van der Waals surface area contributed by atoms with Crippen LogP contribution in [0.1, 0.15) is 11.3 Å². The smallest absolute Gasteiger partial charge is 0.164 e. The Bertz CT molecular complexity index is 794. The maximum atomic E-state index is 10.1. The van der Waals surface area contributed by atoms with Crippen LogP contribution in [-0.4, -0.2) is 22.3 Å². The van der Waals surface area contributed by atoms with Gasteiger partial charge in [-0.3, -0.25) is 4.98 Å². The molecule has 0 amide bonds. The van der Waals surface area contributed by atoms with E-state index in [0.29, 0.717) is 12.0 Å². The molecule has 2 N–H and O–H groups in total. The Labute approximate surface area is 122 Å². The number of benzene rings is 2. The lowest BCUT2D eigenvalue weighted by Gasteiger charge is -2.10. The highest BCUT2D eigenvalue weighted by atomic mass is 16.5. The first-order valence-corrected chi connectivity index (χ1v) is 6.60. The van der Waals surface area contributed by atoms with Crippen molar-refractivity contribution in [3.63, 3.8) is 0 Å². The van der Waals surface area contributed by atoms with Crippen molar-refractivity contribution in [3.05, 3.63) is 59.9 Å². The van der Waals surface area contributed by atoms with Crippen LogP contribution in [0, 0.1) is 0 Å². The van der Waals surface area contributed by atoms with Crippen LogP contribution in [0.5, 0.6) is 17.2 Å². The van der Waals surface area contributed by atoms with Crippen LogP contribution >= 0.6 is 0 Å². The quantitative estimate of drug-likeness (QED) is 0.723. The molecule has 0 aliphatic heterocycles. The van der Waals surface area contributed by atoms with Crippen molar-refractivity contribution in [2.24, 2.45) is 0 Å². The van der Waals surface area contributed by atoms with Gasteiger partial charge in [0.25, 0.3) is 0 Å². The third kappa shape index (κ3) is 2.48. The Kier molecular flexibility index (Phi) is 3.36. The van der Waals surface area contributed by atoms with Gasteiger partial charge in [-0.25, -0.2) is 0 Å². The average molecular weight is 281 g/mol. The van der Waals surface area contributed by atoms with Crippen LogP contribution < -0.4 is 4.74 Å². The summed E-state index contributed by atoms with van der Waals surface area (Å²) in [5.74, 6) is 0.340. The summed E-state index contributed by atoms with van der Waals surface area (Å²) in [5, 5.41) is 22.0. The molecule has 2 aromatic carbocycles. The lowest BCUT2D eigenvalue weighted by molar-refractivity contribution is 0.367. The second kappa shape index (κ2) is 5.32. The van der Waals surface area contributed by atoms with Gasteiger partial charge >= 0.3 is 0 Å². The molecule has 0 atom stereocenters. The van der Waals surface area contributed by atoms with Gasteiger partial charge in [0.2, 0.25) is 0 Å². The maximum Gasteiger partial charge on any atom is 0.164 e. The SMILES string of the molecule is COc1cc(O)c(Cc2nccc3ccccc23)cc1O. The number of aromatic hydroxyl groups is 2. The molecule has 0 fully saturated rings. The molecule has 0 radical (unpaired) electrons. The molecule has 1 heterocycles. The van der Waals surface area contributed by atoms with Crippen LogP contribution in [0.2, 0.25) is 0 Å². The third-order valence-corrected chi connectivity index (χ3v) is 3.49. The number of methoxy groups -OCH3 is 1. The van der Waals surface area contributed by atoms with Crippen LogP contribution in [0.25, 0.3) is 10.8 Å². The first kappa shape index (κ1) is 13.2. The summed E-state index contributed by atoms with van der Waals surface area (Å²) < 4.78 is 4.98. The highest BCUT2D eigenvalue weighted by Crippen LogP contribution is 2.34. The summed E-state index contributed by atoms with van der Waals surface area (Å²) in [5.41, 5.74) is 1.46. The molecule has 0 aliphatic carbocycles. The molecule has 4 heteroatoms. The molecule has 3 rings (SSSR count). The Morgan fingerprint density at radius 3 is 2.67 bits per heavy atom. The maximum absolute atomic E-state index is 10.1. The molecule has 3 aromatic rings. The molecule has 0 bridgehead atoms. The van der Waals surface area contributed by atoms with Gasteiger partial charge in [0.1, 0.15) is 5.75 Å². The van der Waals surface area contributed by atoms with Gasteiger partial charge in [-0.2, -0.15) is 0 Å². The van der Waals surface area contributed by atoms with Crippen LogP contribution in [0.4, 0.5) is 0 Å². The Morgan fingerprint density at radius 1 is 1.05 bits per heavy atom. The normalized spacial score (nSPS) is 10.7. The number of ether oxygens (including phenoxy) is 1. The van der Waals surface area contributed by atoms with Crippen molar-refractivity contribution in [1.29, 1.82) is 0 Å². The van der Waals surface area contributed by atoms with Crippen molar-refractivity contribution < 1.29 is 14.9 Å². The number of hydrogen-bond acceptors (Lipinski definition) is 4. The topological polar surface area (TPSA) is 62.6 Å². The zero-order chi connectivity index (χ0) is 14.8. The fraction of sp³-hybridized carbons (Fsp3) is 0.118. The first-order valence-electron chi connectivity index (χ1n) is 6.60. The monoisotopic (exact) mass is 281 g/mol. The van der Waals surface area contributed by atoms with Crippen molar-refractivity contribution in [3.8, 4) is 17.2 Å². The number of pyridine rings is 1. The van der Waals surface area contributed by atoms with Gasteiger partial charge < -0.3 is 14.9 Å². The second-order valence-corrected chi connectivity index (χ2v) is 4.81. The van der Waals surface area contributed by atoms with Gasteiger partial charge in [-0.15, -0.1) is 0 Å². The second-order valence-electron chi connectivity index (χ2n) is 4.81. The molecule has 0 unspecified atom stereocenters. The van der Waals surface area contributed by atoms with Crippen LogP contribution in [0.3, 0.4) is 0 Å². The fourth-order valence-corrected chi connectivity index (χ4v) is 2.41. The van der Waals surface area contributed by atoms with E-state index < -0.39 is 0 Å².